The summed E-state index contributed by atoms with van der Waals surface area (Å²) < 4.78 is 25.0. The zero-order chi connectivity index (χ0) is 11.9. The fraction of sp³-hybridized carbons (Fsp3) is 0.500. The molecule has 1 aromatic carbocycles. The fourth-order valence-corrected chi connectivity index (χ4v) is 3.51. The van der Waals surface area contributed by atoms with Crippen molar-refractivity contribution in [2.45, 2.75) is 26.7 Å². The van der Waals surface area contributed by atoms with Crippen molar-refractivity contribution in [1.82, 2.24) is 0 Å². The molecule has 1 aliphatic rings. The Morgan fingerprint density at radius 2 is 1.94 bits per heavy atom. The molecule has 0 fully saturated rings. The van der Waals surface area contributed by atoms with Gasteiger partial charge in [0.15, 0.2) is 0 Å². The molecule has 0 radical (unpaired) electrons. The number of fused-ring (bicyclic) bond motifs is 1. The first-order chi connectivity index (χ1) is 7.39. The molecule has 0 atom stereocenters. The van der Waals surface area contributed by atoms with Crippen molar-refractivity contribution < 1.29 is 8.42 Å². The zero-order valence-electron chi connectivity index (χ0n) is 9.95. The fourth-order valence-electron chi connectivity index (χ4n) is 2.45. The van der Waals surface area contributed by atoms with Gasteiger partial charge in [0, 0.05) is 6.54 Å². The molecule has 1 heterocycles. The van der Waals surface area contributed by atoms with E-state index in [4.69, 9.17) is 0 Å². The van der Waals surface area contributed by atoms with E-state index in [-0.39, 0.29) is 0 Å². The Hall–Kier alpha value is -1.03. The van der Waals surface area contributed by atoms with E-state index in [1.807, 2.05) is 19.9 Å². The Morgan fingerprint density at radius 1 is 1.25 bits per heavy atom. The molecule has 3 nitrogen and oxygen atoms in total. The van der Waals surface area contributed by atoms with Crippen LogP contribution in [0.1, 0.15) is 23.1 Å². The summed E-state index contributed by atoms with van der Waals surface area (Å²) in [6.45, 7) is 4.64. The summed E-state index contributed by atoms with van der Waals surface area (Å²) in [5.41, 5.74) is 4.32. The summed E-state index contributed by atoms with van der Waals surface area (Å²) in [6.07, 6.45) is 3.16. The van der Waals surface area contributed by atoms with Crippen molar-refractivity contribution in [1.29, 1.82) is 0 Å². The molecular formula is C12H17NO2S. The number of rotatable bonds is 1. The number of hydrogen-bond acceptors (Lipinski definition) is 2. The lowest BCUT2D eigenvalue weighted by molar-refractivity contribution is 0.592. The van der Waals surface area contributed by atoms with E-state index in [1.165, 1.54) is 11.8 Å². The van der Waals surface area contributed by atoms with Crippen molar-refractivity contribution in [3.8, 4) is 0 Å². The standard InChI is InChI=1S/C12H17NO2S/c1-9-7-10(2)12-11(8-9)5-4-6-13(12)16(3,14)15/h7-8H,4-6H2,1-3H3. The van der Waals surface area contributed by atoms with Gasteiger partial charge in [-0.15, -0.1) is 0 Å². The molecule has 0 saturated carbocycles. The van der Waals surface area contributed by atoms with Gasteiger partial charge < -0.3 is 0 Å². The number of nitrogens with zero attached hydrogens (tertiary/aromatic N) is 1. The maximum atomic E-state index is 11.7. The first-order valence-electron chi connectivity index (χ1n) is 5.47. The molecule has 2 rings (SSSR count). The molecule has 88 valence electrons. The van der Waals surface area contributed by atoms with E-state index < -0.39 is 10.0 Å². The monoisotopic (exact) mass is 239 g/mol. The van der Waals surface area contributed by atoms with E-state index in [9.17, 15) is 8.42 Å². The highest BCUT2D eigenvalue weighted by Crippen LogP contribution is 2.33. The SMILES string of the molecule is Cc1cc(C)c2c(c1)CCCN2S(C)(=O)=O. The number of hydrogen-bond donors (Lipinski definition) is 0. The molecule has 0 spiro atoms. The predicted octanol–water partition coefficient (Wildman–Crippen LogP) is 2.02. The first kappa shape index (κ1) is 11.5. The minimum atomic E-state index is -3.14. The first-order valence-corrected chi connectivity index (χ1v) is 7.32. The van der Waals surface area contributed by atoms with Crippen molar-refractivity contribution in [2.24, 2.45) is 0 Å². The summed E-state index contributed by atoms with van der Waals surface area (Å²) in [6, 6.07) is 4.14. The van der Waals surface area contributed by atoms with E-state index in [2.05, 4.69) is 6.07 Å². The summed E-state index contributed by atoms with van der Waals surface area (Å²) in [5, 5.41) is 0. The van der Waals surface area contributed by atoms with E-state index in [0.29, 0.717) is 6.54 Å². The van der Waals surface area contributed by atoms with E-state index in [1.54, 1.807) is 4.31 Å². The lowest BCUT2D eigenvalue weighted by Gasteiger charge is -2.31. The Morgan fingerprint density at radius 3 is 2.56 bits per heavy atom. The van der Waals surface area contributed by atoms with Gasteiger partial charge >= 0.3 is 0 Å². The zero-order valence-corrected chi connectivity index (χ0v) is 10.8. The third kappa shape index (κ3) is 1.94. The molecule has 0 aliphatic carbocycles. The van der Waals surface area contributed by atoms with Crippen molar-refractivity contribution in [3.63, 3.8) is 0 Å². The molecule has 0 N–H and O–H groups in total. The quantitative estimate of drug-likeness (QED) is 0.752. The number of sulfonamides is 1. The highest BCUT2D eigenvalue weighted by Gasteiger charge is 2.25. The smallest absolute Gasteiger partial charge is 0.232 e. The summed E-state index contributed by atoms with van der Waals surface area (Å²) in [5.74, 6) is 0. The van der Waals surface area contributed by atoms with Crippen LogP contribution in [0.5, 0.6) is 0 Å². The minimum Gasteiger partial charge on any atom is -0.270 e. The molecule has 0 aromatic heterocycles. The molecule has 4 heteroatoms. The van der Waals surface area contributed by atoms with Crippen LogP contribution in [0.2, 0.25) is 0 Å². The largest absolute Gasteiger partial charge is 0.270 e. The summed E-state index contributed by atoms with van der Waals surface area (Å²) in [4.78, 5) is 0. The van der Waals surface area contributed by atoms with Crippen LogP contribution in [0, 0.1) is 13.8 Å². The molecule has 16 heavy (non-hydrogen) atoms. The van der Waals surface area contributed by atoms with Gasteiger partial charge in [-0.25, -0.2) is 8.42 Å². The lowest BCUT2D eigenvalue weighted by atomic mass is 9.97. The van der Waals surface area contributed by atoms with Crippen LogP contribution in [0.25, 0.3) is 0 Å². The van der Waals surface area contributed by atoms with Crippen LogP contribution < -0.4 is 4.31 Å². The molecular weight excluding hydrogens is 222 g/mol. The maximum absolute atomic E-state index is 11.7. The Labute approximate surface area is 97.1 Å². The lowest BCUT2D eigenvalue weighted by Crippen LogP contribution is -2.35. The Kier molecular flexibility index (Phi) is 2.70. The van der Waals surface area contributed by atoms with Crippen LogP contribution in [0.15, 0.2) is 12.1 Å². The second-order valence-electron chi connectivity index (χ2n) is 4.53. The van der Waals surface area contributed by atoms with Crippen LogP contribution in [0.4, 0.5) is 5.69 Å². The van der Waals surface area contributed by atoms with Crippen molar-refractivity contribution in [3.05, 3.63) is 28.8 Å². The topological polar surface area (TPSA) is 37.4 Å². The van der Waals surface area contributed by atoms with Crippen molar-refractivity contribution in [2.75, 3.05) is 17.1 Å². The second kappa shape index (κ2) is 3.77. The van der Waals surface area contributed by atoms with Crippen LogP contribution >= 0.6 is 0 Å². The predicted molar refractivity (Wildman–Crippen MR) is 66.4 cm³/mol. The van der Waals surface area contributed by atoms with Crippen molar-refractivity contribution >= 4 is 15.7 Å². The van der Waals surface area contributed by atoms with Gasteiger partial charge in [0.25, 0.3) is 0 Å². The van der Waals surface area contributed by atoms with Crippen LogP contribution in [-0.2, 0) is 16.4 Å². The minimum absolute atomic E-state index is 0.607. The van der Waals surface area contributed by atoms with Gasteiger partial charge in [-0.2, -0.15) is 0 Å². The number of benzene rings is 1. The van der Waals surface area contributed by atoms with E-state index in [0.717, 1.165) is 29.7 Å². The number of aryl methyl sites for hydroxylation is 3. The molecule has 1 aliphatic heterocycles. The molecule has 1 aromatic rings. The molecule has 0 bridgehead atoms. The van der Waals surface area contributed by atoms with Gasteiger partial charge in [-0.05, 0) is 37.8 Å². The van der Waals surface area contributed by atoms with Gasteiger partial charge in [0.2, 0.25) is 10.0 Å². The molecule has 0 amide bonds. The molecule has 0 saturated heterocycles. The highest BCUT2D eigenvalue weighted by atomic mass is 32.2. The van der Waals surface area contributed by atoms with Gasteiger partial charge in [-0.1, -0.05) is 17.7 Å². The third-order valence-electron chi connectivity index (χ3n) is 2.98. The highest BCUT2D eigenvalue weighted by molar-refractivity contribution is 7.92. The van der Waals surface area contributed by atoms with Crippen LogP contribution in [0.3, 0.4) is 0 Å². The average molecular weight is 239 g/mol. The number of anilines is 1. The second-order valence-corrected chi connectivity index (χ2v) is 6.44. The average Bonchev–Trinajstić information content (AvgIpc) is 2.14. The van der Waals surface area contributed by atoms with Gasteiger partial charge in [0.05, 0.1) is 11.9 Å². The van der Waals surface area contributed by atoms with Gasteiger partial charge in [-0.3, -0.25) is 4.31 Å². The summed E-state index contributed by atoms with van der Waals surface area (Å²) in [7, 11) is -3.14. The Balaban J connectivity index is 2.63. The van der Waals surface area contributed by atoms with E-state index >= 15 is 0 Å². The Bertz CT molecular complexity index is 520. The third-order valence-corrected chi connectivity index (χ3v) is 4.15. The van der Waals surface area contributed by atoms with Gasteiger partial charge in [0.1, 0.15) is 0 Å². The maximum Gasteiger partial charge on any atom is 0.232 e. The normalized spacial score (nSPS) is 16.1. The summed E-state index contributed by atoms with van der Waals surface area (Å²) >= 11 is 0. The molecule has 0 unspecified atom stereocenters. The van der Waals surface area contributed by atoms with Crippen LogP contribution in [-0.4, -0.2) is 21.2 Å².